The van der Waals surface area contributed by atoms with Crippen LogP contribution in [0.1, 0.15) is 44.5 Å². The molecule has 0 saturated heterocycles. The molecule has 0 unspecified atom stereocenters. The maximum atomic E-state index is 13.7. The molecule has 1 aromatic carbocycles. The van der Waals surface area contributed by atoms with Gasteiger partial charge in [-0.25, -0.2) is 4.39 Å². The second-order valence-electron chi connectivity index (χ2n) is 7.11. The van der Waals surface area contributed by atoms with E-state index in [1.54, 1.807) is 18.2 Å². The number of nitrogens with zero attached hydrogens (tertiary/aromatic N) is 2. The maximum Gasteiger partial charge on any atom is 0.195 e. The summed E-state index contributed by atoms with van der Waals surface area (Å²) < 4.78 is 22.0. The van der Waals surface area contributed by atoms with E-state index >= 15 is 0 Å². The van der Waals surface area contributed by atoms with Crippen LogP contribution in [-0.4, -0.2) is 14.8 Å². The van der Waals surface area contributed by atoms with Crippen molar-refractivity contribution in [1.82, 2.24) is 14.8 Å². The second kappa shape index (κ2) is 6.31. The van der Waals surface area contributed by atoms with Crippen molar-refractivity contribution in [2.45, 2.75) is 45.3 Å². The molecule has 2 bridgehead atoms. The summed E-state index contributed by atoms with van der Waals surface area (Å²) in [6.45, 7) is 2.43. The van der Waals surface area contributed by atoms with Gasteiger partial charge in [0.05, 0.1) is 0 Å². The molecule has 128 valence electrons. The van der Waals surface area contributed by atoms with E-state index in [4.69, 9.17) is 17.0 Å². The van der Waals surface area contributed by atoms with E-state index in [9.17, 15) is 4.39 Å². The summed E-state index contributed by atoms with van der Waals surface area (Å²) in [4.78, 5) is 0. The molecule has 4 atom stereocenters. The molecule has 2 aromatic rings. The first kappa shape index (κ1) is 15.8. The molecule has 1 heterocycles. The number of hydrogen-bond acceptors (Lipinski definition) is 3. The Morgan fingerprint density at radius 2 is 2.21 bits per heavy atom. The van der Waals surface area contributed by atoms with Gasteiger partial charge in [-0.05, 0) is 68.3 Å². The fourth-order valence-corrected chi connectivity index (χ4v) is 4.96. The highest BCUT2D eigenvalue weighted by atomic mass is 32.1. The summed E-state index contributed by atoms with van der Waals surface area (Å²) in [5.41, 5.74) is 0. The summed E-state index contributed by atoms with van der Waals surface area (Å²) in [5, 5.41) is 7.19. The summed E-state index contributed by atoms with van der Waals surface area (Å²) in [6, 6.07) is 6.72. The van der Waals surface area contributed by atoms with E-state index in [1.807, 2.05) is 0 Å². The molecular weight excluding hydrogens is 325 g/mol. The van der Waals surface area contributed by atoms with Gasteiger partial charge in [-0.2, -0.15) is 5.10 Å². The lowest BCUT2D eigenvalue weighted by atomic mass is 9.84. The summed E-state index contributed by atoms with van der Waals surface area (Å²) in [6.07, 6.45) is 5.37. The highest BCUT2D eigenvalue weighted by Crippen LogP contribution is 2.52. The number of benzene rings is 1. The predicted octanol–water partition coefficient (Wildman–Crippen LogP) is 4.66. The lowest BCUT2D eigenvalue weighted by molar-refractivity contribution is 0.221. The van der Waals surface area contributed by atoms with Crippen LogP contribution in [0.25, 0.3) is 0 Å². The van der Waals surface area contributed by atoms with Crippen molar-refractivity contribution in [1.29, 1.82) is 0 Å². The maximum absolute atomic E-state index is 13.7. The number of hydrogen-bond donors (Lipinski definition) is 1. The van der Waals surface area contributed by atoms with Crippen molar-refractivity contribution in [2.24, 2.45) is 17.8 Å². The van der Waals surface area contributed by atoms with Crippen LogP contribution in [0.5, 0.6) is 5.75 Å². The average Bonchev–Trinajstić information content (AvgIpc) is 3.29. The molecule has 2 aliphatic rings. The Morgan fingerprint density at radius 1 is 1.38 bits per heavy atom. The average molecular weight is 347 g/mol. The Morgan fingerprint density at radius 3 is 2.92 bits per heavy atom. The standard InChI is InChI=1S/C18H22FN3OS/c1-11(14-9-12-6-7-13(14)8-12)22-17(20-21-18(22)24)10-23-16-5-3-2-4-15(16)19/h2-5,11-14H,6-10H2,1H3,(H,21,24)/t11-,12+,13+,14-/m1/s1. The van der Waals surface area contributed by atoms with E-state index in [2.05, 4.69) is 21.7 Å². The van der Waals surface area contributed by atoms with Gasteiger partial charge in [-0.3, -0.25) is 9.67 Å². The first-order valence-electron chi connectivity index (χ1n) is 8.66. The molecule has 0 spiro atoms. The molecule has 1 aromatic heterocycles. The number of aromatic amines is 1. The minimum atomic E-state index is -0.362. The zero-order chi connectivity index (χ0) is 16.7. The minimum Gasteiger partial charge on any atom is -0.483 e. The number of halogens is 1. The topological polar surface area (TPSA) is 42.8 Å². The van der Waals surface area contributed by atoms with E-state index in [1.165, 1.54) is 31.7 Å². The van der Waals surface area contributed by atoms with E-state index in [-0.39, 0.29) is 18.2 Å². The lowest BCUT2D eigenvalue weighted by Gasteiger charge is -2.29. The van der Waals surface area contributed by atoms with Gasteiger partial charge < -0.3 is 4.74 Å². The van der Waals surface area contributed by atoms with E-state index < -0.39 is 0 Å². The first-order chi connectivity index (χ1) is 11.6. The van der Waals surface area contributed by atoms with E-state index in [0.29, 0.717) is 16.7 Å². The number of para-hydroxylation sites is 1. The Labute approximate surface area is 146 Å². The van der Waals surface area contributed by atoms with Crippen LogP contribution in [0.2, 0.25) is 0 Å². The Bertz CT molecular complexity index is 787. The normalized spacial score (nSPS) is 26.7. The quantitative estimate of drug-likeness (QED) is 0.800. The third kappa shape index (κ3) is 2.77. The highest BCUT2D eigenvalue weighted by Gasteiger charge is 2.42. The van der Waals surface area contributed by atoms with Gasteiger partial charge >= 0.3 is 0 Å². The third-order valence-electron chi connectivity index (χ3n) is 5.79. The van der Waals surface area contributed by atoms with Gasteiger partial charge in [0, 0.05) is 6.04 Å². The molecule has 6 heteroatoms. The number of H-pyrrole nitrogens is 1. The van der Waals surface area contributed by atoms with Crippen molar-refractivity contribution in [3.63, 3.8) is 0 Å². The highest BCUT2D eigenvalue weighted by molar-refractivity contribution is 7.71. The van der Waals surface area contributed by atoms with Gasteiger partial charge in [0.25, 0.3) is 0 Å². The van der Waals surface area contributed by atoms with Crippen LogP contribution in [0.15, 0.2) is 24.3 Å². The number of aromatic nitrogens is 3. The Balaban J connectivity index is 1.53. The second-order valence-corrected chi connectivity index (χ2v) is 7.50. The van der Waals surface area contributed by atoms with Gasteiger partial charge in [0.2, 0.25) is 0 Å². The van der Waals surface area contributed by atoms with Crippen LogP contribution >= 0.6 is 12.2 Å². The lowest BCUT2D eigenvalue weighted by Crippen LogP contribution is -2.24. The van der Waals surface area contributed by atoms with Crippen molar-refractivity contribution in [3.05, 3.63) is 40.7 Å². The molecule has 2 aliphatic carbocycles. The predicted molar refractivity (Wildman–Crippen MR) is 91.8 cm³/mol. The summed E-state index contributed by atoms with van der Waals surface area (Å²) in [5.74, 6) is 2.97. The van der Waals surface area contributed by atoms with E-state index in [0.717, 1.165) is 17.7 Å². The van der Waals surface area contributed by atoms with Crippen LogP contribution in [-0.2, 0) is 6.61 Å². The van der Waals surface area contributed by atoms with Crippen molar-refractivity contribution in [3.8, 4) is 5.75 Å². The third-order valence-corrected chi connectivity index (χ3v) is 6.08. The molecule has 2 saturated carbocycles. The van der Waals surface area contributed by atoms with Crippen molar-refractivity contribution in [2.75, 3.05) is 0 Å². The van der Waals surface area contributed by atoms with Crippen molar-refractivity contribution < 1.29 is 9.13 Å². The largest absolute Gasteiger partial charge is 0.483 e. The Hall–Kier alpha value is -1.69. The van der Waals surface area contributed by atoms with Gasteiger partial charge in [-0.1, -0.05) is 18.6 Å². The molecule has 1 N–H and O–H groups in total. The fourth-order valence-electron chi connectivity index (χ4n) is 4.64. The van der Waals surface area contributed by atoms with Gasteiger partial charge in [0.15, 0.2) is 22.2 Å². The molecule has 0 aliphatic heterocycles. The monoisotopic (exact) mass is 347 g/mol. The van der Waals surface area contributed by atoms with Crippen LogP contribution < -0.4 is 4.74 Å². The number of ether oxygens (including phenoxy) is 1. The first-order valence-corrected chi connectivity index (χ1v) is 9.07. The molecule has 0 amide bonds. The molecule has 24 heavy (non-hydrogen) atoms. The van der Waals surface area contributed by atoms with Gasteiger partial charge in [0.1, 0.15) is 6.61 Å². The molecule has 0 radical (unpaired) electrons. The summed E-state index contributed by atoms with van der Waals surface area (Å²) >= 11 is 5.44. The van der Waals surface area contributed by atoms with Crippen LogP contribution in [0.4, 0.5) is 4.39 Å². The fraction of sp³-hybridized carbons (Fsp3) is 0.556. The van der Waals surface area contributed by atoms with Crippen molar-refractivity contribution >= 4 is 12.2 Å². The Kier molecular flexibility index (Phi) is 4.16. The molecule has 2 fully saturated rings. The minimum absolute atomic E-state index is 0.208. The smallest absolute Gasteiger partial charge is 0.195 e. The van der Waals surface area contributed by atoms with Crippen LogP contribution in [0, 0.1) is 28.3 Å². The molecule has 4 nitrogen and oxygen atoms in total. The number of fused-ring (bicyclic) bond motifs is 2. The zero-order valence-electron chi connectivity index (χ0n) is 13.7. The zero-order valence-corrected chi connectivity index (χ0v) is 14.6. The SMILES string of the molecule is C[C@H]([C@H]1C[C@H]2CC[C@H]1C2)n1c(COc2ccccc2F)n[nH]c1=S. The number of nitrogens with one attached hydrogen (secondary N) is 1. The number of rotatable bonds is 5. The molecule has 4 rings (SSSR count). The summed E-state index contributed by atoms with van der Waals surface area (Å²) in [7, 11) is 0. The van der Waals surface area contributed by atoms with Crippen LogP contribution in [0.3, 0.4) is 0 Å². The molecular formula is C18H22FN3OS. The van der Waals surface area contributed by atoms with Gasteiger partial charge in [-0.15, -0.1) is 0 Å².